The fourth-order valence-corrected chi connectivity index (χ4v) is 4.78. The Morgan fingerprint density at radius 1 is 1.30 bits per heavy atom. The number of nitrogens with one attached hydrogen (secondary N) is 1. The van der Waals surface area contributed by atoms with E-state index in [1.807, 2.05) is 18.2 Å². The van der Waals surface area contributed by atoms with Gasteiger partial charge in [0.15, 0.2) is 11.5 Å². The lowest BCUT2D eigenvalue weighted by atomic mass is 9.97. The molecular weight excluding hydrogens is 406 g/mol. The molecule has 0 bridgehead atoms. The number of ether oxygens (including phenoxy) is 2. The van der Waals surface area contributed by atoms with Crippen molar-refractivity contribution < 1.29 is 14.3 Å². The van der Waals surface area contributed by atoms with Crippen molar-refractivity contribution in [1.82, 2.24) is 19.9 Å². The summed E-state index contributed by atoms with van der Waals surface area (Å²) in [5.74, 6) is 1.32. The predicted octanol–water partition coefficient (Wildman–Crippen LogP) is 1.72. The molecule has 9 nitrogen and oxygen atoms in total. The highest BCUT2D eigenvalue weighted by molar-refractivity contribution is 7.20. The summed E-state index contributed by atoms with van der Waals surface area (Å²) in [6.45, 7) is 3.84. The summed E-state index contributed by atoms with van der Waals surface area (Å²) in [6, 6.07) is 7.15. The third kappa shape index (κ3) is 3.58. The Hall–Kier alpha value is -3.14. The van der Waals surface area contributed by atoms with Crippen LogP contribution >= 0.6 is 11.3 Å². The van der Waals surface area contributed by atoms with Crippen LogP contribution < -0.4 is 25.2 Å². The summed E-state index contributed by atoms with van der Waals surface area (Å²) < 4.78 is 12.0. The fraction of sp³-hybridized carbons (Fsp3) is 0.400. The number of aryl methyl sites for hydroxylation is 1. The van der Waals surface area contributed by atoms with Crippen LogP contribution in [-0.4, -0.2) is 40.4 Å². The maximum atomic E-state index is 12.8. The SMILES string of the molecule is Cc1cc(=O)n2nc(N3CCC[C@@H](C(=O)NCc4ccc5c(c4)OCO5)C3)sc2n1. The maximum absolute atomic E-state index is 12.8. The second-order valence-electron chi connectivity index (χ2n) is 7.51. The van der Waals surface area contributed by atoms with Gasteiger partial charge in [0.2, 0.25) is 22.8 Å². The number of benzene rings is 1. The van der Waals surface area contributed by atoms with Crippen molar-refractivity contribution in [1.29, 1.82) is 0 Å². The molecule has 2 aliphatic rings. The monoisotopic (exact) mass is 427 g/mol. The molecular formula is C20H21N5O4S. The molecule has 4 heterocycles. The van der Waals surface area contributed by atoms with Gasteiger partial charge in [-0.25, -0.2) is 4.98 Å². The minimum absolute atomic E-state index is 0.0182. The van der Waals surface area contributed by atoms with E-state index < -0.39 is 0 Å². The van der Waals surface area contributed by atoms with Crippen LogP contribution in [0.5, 0.6) is 11.5 Å². The van der Waals surface area contributed by atoms with E-state index >= 15 is 0 Å². The number of hydrogen-bond acceptors (Lipinski definition) is 8. The van der Waals surface area contributed by atoms with Gasteiger partial charge in [-0.05, 0) is 37.5 Å². The molecule has 3 aromatic rings. The Morgan fingerprint density at radius 3 is 3.07 bits per heavy atom. The highest BCUT2D eigenvalue weighted by Gasteiger charge is 2.28. The number of nitrogens with zero attached hydrogens (tertiary/aromatic N) is 4. The summed E-state index contributed by atoms with van der Waals surface area (Å²) >= 11 is 1.38. The minimum Gasteiger partial charge on any atom is -0.454 e. The molecule has 2 aliphatic heterocycles. The van der Waals surface area contributed by atoms with E-state index in [0.29, 0.717) is 29.5 Å². The van der Waals surface area contributed by atoms with Crippen LogP contribution in [0.3, 0.4) is 0 Å². The Balaban J connectivity index is 1.25. The van der Waals surface area contributed by atoms with Crippen molar-refractivity contribution in [2.24, 2.45) is 5.92 Å². The normalized spacial score (nSPS) is 18.0. The Morgan fingerprint density at radius 2 is 2.17 bits per heavy atom. The van der Waals surface area contributed by atoms with Crippen LogP contribution in [0.2, 0.25) is 0 Å². The summed E-state index contributed by atoms with van der Waals surface area (Å²) in [5.41, 5.74) is 1.46. The van der Waals surface area contributed by atoms with Crippen LogP contribution in [-0.2, 0) is 11.3 Å². The molecule has 0 saturated carbocycles. The number of amides is 1. The number of fused-ring (bicyclic) bond motifs is 2. The molecule has 1 fully saturated rings. The zero-order valence-electron chi connectivity index (χ0n) is 16.5. The minimum atomic E-state index is -0.185. The Kier molecular flexibility index (Phi) is 4.78. The van der Waals surface area contributed by atoms with Gasteiger partial charge in [-0.15, -0.1) is 5.10 Å². The lowest BCUT2D eigenvalue weighted by molar-refractivity contribution is -0.125. The molecule has 10 heteroatoms. The number of carbonyl (C=O) groups is 1. The van der Waals surface area contributed by atoms with Crippen LogP contribution in [0.25, 0.3) is 4.96 Å². The van der Waals surface area contributed by atoms with E-state index in [1.165, 1.54) is 21.9 Å². The van der Waals surface area contributed by atoms with Gasteiger partial charge >= 0.3 is 0 Å². The fourth-order valence-electron chi connectivity index (χ4n) is 3.79. The number of hydrogen-bond donors (Lipinski definition) is 1. The van der Waals surface area contributed by atoms with Gasteiger partial charge in [-0.3, -0.25) is 9.59 Å². The highest BCUT2D eigenvalue weighted by atomic mass is 32.1. The summed E-state index contributed by atoms with van der Waals surface area (Å²) in [5, 5.41) is 8.18. The summed E-state index contributed by atoms with van der Waals surface area (Å²) in [4.78, 5) is 31.9. The quantitative estimate of drug-likeness (QED) is 0.677. The Bertz CT molecular complexity index is 1170. The molecule has 0 radical (unpaired) electrons. The number of piperidine rings is 1. The first-order valence-corrected chi connectivity index (χ1v) is 10.7. The molecule has 1 atom stereocenters. The van der Waals surface area contributed by atoms with Gasteiger partial charge in [-0.1, -0.05) is 17.4 Å². The third-order valence-corrected chi connectivity index (χ3v) is 6.30. The van der Waals surface area contributed by atoms with Gasteiger partial charge in [-0.2, -0.15) is 4.52 Å². The first kappa shape index (κ1) is 18.9. The molecule has 0 aliphatic carbocycles. The molecule has 156 valence electrons. The van der Waals surface area contributed by atoms with Crippen molar-refractivity contribution in [2.75, 3.05) is 24.8 Å². The van der Waals surface area contributed by atoms with Crippen LogP contribution in [0.4, 0.5) is 5.13 Å². The first-order chi connectivity index (χ1) is 14.6. The molecule has 30 heavy (non-hydrogen) atoms. The topological polar surface area (TPSA) is 98.1 Å². The van der Waals surface area contributed by atoms with Gasteiger partial charge in [0.1, 0.15) is 0 Å². The lowest BCUT2D eigenvalue weighted by Crippen LogP contribution is -2.43. The number of aromatic nitrogens is 3. The summed E-state index contributed by atoms with van der Waals surface area (Å²) in [6.07, 6.45) is 1.71. The third-order valence-electron chi connectivity index (χ3n) is 5.33. The molecule has 0 unspecified atom stereocenters. The van der Waals surface area contributed by atoms with E-state index in [4.69, 9.17) is 9.47 Å². The average molecular weight is 427 g/mol. The zero-order chi connectivity index (χ0) is 20.7. The lowest BCUT2D eigenvalue weighted by Gasteiger charge is -2.31. The highest BCUT2D eigenvalue weighted by Crippen LogP contribution is 2.32. The largest absolute Gasteiger partial charge is 0.454 e. The zero-order valence-corrected chi connectivity index (χ0v) is 17.3. The second kappa shape index (κ2) is 7.60. The number of anilines is 1. The molecule has 1 amide bonds. The predicted molar refractivity (Wildman–Crippen MR) is 111 cm³/mol. The molecule has 2 aromatic heterocycles. The smallest absolute Gasteiger partial charge is 0.275 e. The van der Waals surface area contributed by atoms with Crippen molar-refractivity contribution in [3.63, 3.8) is 0 Å². The maximum Gasteiger partial charge on any atom is 0.275 e. The van der Waals surface area contributed by atoms with Crippen LogP contribution in [0, 0.1) is 12.8 Å². The molecule has 1 N–H and O–H groups in total. The average Bonchev–Trinajstić information content (AvgIpc) is 3.38. The molecule has 0 spiro atoms. The summed E-state index contributed by atoms with van der Waals surface area (Å²) in [7, 11) is 0. The molecule has 5 rings (SSSR count). The van der Waals surface area contributed by atoms with E-state index in [2.05, 4.69) is 20.3 Å². The van der Waals surface area contributed by atoms with Crippen LogP contribution in [0.1, 0.15) is 24.1 Å². The van der Waals surface area contributed by atoms with Gasteiger partial charge in [0.25, 0.3) is 5.56 Å². The van der Waals surface area contributed by atoms with E-state index in [9.17, 15) is 9.59 Å². The number of carbonyl (C=O) groups excluding carboxylic acids is 1. The van der Waals surface area contributed by atoms with Crippen molar-refractivity contribution in [2.45, 2.75) is 26.3 Å². The molecule has 1 saturated heterocycles. The first-order valence-electron chi connectivity index (χ1n) is 9.85. The van der Waals surface area contributed by atoms with Crippen LogP contribution in [0.15, 0.2) is 29.1 Å². The van der Waals surface area contributed by atoms with E-state index in [1.54, 1.807) is 6.92 Å². The molecule has 1 aromatic carbocycles. The van der Waals surface area contributed by atoms with Crippen molar-refractivity contribution in [3.05, 3.63) is 45.9 Å². The van der Waals surface area contributed by atoms with Gasteiger partial charge < -0.3 is 19.7 Å². The standard InChI is InChI=1S/C20H21N5O4S/c1-12-7-17(26)25-19(22-12)30-20(23-25)24-6-2-3-14(10-24)18(27)21-9-13-4-5-15-16(8-13)29-11-28-15/h4-5,7-8,14H,2-3,6,9-11H2,1H3,(H,21,27)/t14-/m1/s1. The number of rotatable bonds is 4. The van der Waals surface area contributed by atoms with Gasteiger partial charge in [0.05, 0.1) is 5.92 Å². The second-order valence-corrected chi connectivity index (χ2v) is 8.44. The van der Waals surface area contributed by atoms with E-state index in [0.717, 1.165) is 35.8 Å². The Labute approximate surface area is 176 Å². The van der Waals surface area contributed by atoms with Crippen molar-refractivity contribution >= 4 is 27.3 Å². The van der Waals surface area contributed by atoms with Crippen molar-refractivity contribution in [3.8, 4) is 11.5 Å². The van der Waals surface area contributed by atoms with E-state index in [-0.39, 0.29) is 24.2 Å². The van der Waals surface area contributed by atoms with Gasteiger partial charge in [0, 0.05) is 31.4 Å².